The molecule has 1 aliphatic heterocycles. The third kappa shape index (κ3) is 2.70. The first-order valence-electron chi connectivity index (χ1n) is 8.67. The summed E-state index contributed by atoms with van der Waals surface area (Å²) in [5, 5.41) is 3.19. The minimum atomic E-state index is 0.220. The monoisotopic (exact) mass is 338 g/mol. The van der Waals surface area contributed by atoms with E-state index in [0.717, 1.165) is 35.9 Å². The van der Waals surface area contributed by atoms with Crippen LogP contribution in [0, 0.1) is 0 Å². The molecule has 0 spiro atoms. The second-order valence-electron chi connectivity index (χ2n) is 6.46. The van der Waals surface area contributed by atoms with Gasteiger partial charge in [-0.25, -0.2) is 0 Å². The van der Waals surface area contributed by atoms with Crippen LogP contribution in [0.2, 0.25) is 0 Å². The zero-order valence-corrected chi connectivity index (χ0v) is 14.7. The van der Waals surface area contributed by atoms with Crippen molar-refractivity contribution < 1.29 is 4.79 Å². The third-order valence-corrected chi connectivity index (χ3v) is 6.04. The number of hydrogen-bond acceptors (Lipinski definition) is 3. The van der Waals surface area contributed by atoms with Gasteiger partial charge in [-0.05, 0) is 42.8 Å². The van der Waals surface area contributed by atoms with Crippen LogP contribution in [0.5, 0.6) is 0 Å². The van der Waals surface area contributed by atoms with Gasteiger partial charge in [-0.15, -0.1) is 11.3 Å². The number of benzene rings is 1. The summed E-state index contributed by atoms with van der Waals surface area (Å²) in [5.74, 6) is 0.220. The summed E-state index contributed by atoms with van der Waals surface area (Å²) in [6.07, 6.45) is 5.19. The molecule has 0 unspecified atom stereocenters. The lowest BCUT2D eigenvalue weighted by molar-refractivity contribution is 0.0924. The van der Waals surface area contributed by atoms with Gasteiger partial charge in [0.25, 0.3) is 0 Å². The van der Waals surface area contributed by atoms with Gasteiger partial charge in [0.2, 0.25) is 0 Å². The maximum absolute atomic E-state index is 12.9. The van der Waals surface area contributed by atoms with Gasteiger partial charge in [0, 0.05) is 33.6 Å². The van der Waals surface area contributed by atoms with E-state index in [2.05, 4.69) is 52.5 Å². The number of H-pyrrole nitrogens is 1. The van der Waals surface area contributed by atoms with E-state index in [0.29, 0.717) is 12.6 Å². The van der Waals surface area contributed by atoms with Crippen molar-refractivity contribution >= 4 is 28.0 Å². The SMILES string of the molecule is CCc1cccc2c(C(=O)CN3CCC[C@H]3c3cccs3)c[nH]c12. The number of Topliss-reactive ketones (excluding diaryl/α,β-unsaturated/α-hetero) is 1. The van der Waals surface area contributed by atoms with Gasteiger partial charge in [0.1, 0.15) is 0 Å². The van der Waals surface area contributed by atoms with Crippen molar-refractivity contribution in [3.05, 3.63) is 57.9 Å². The molecule has 1 aliphatic rings. The number of aryl methyl sites for hydroxylation is 1. The summed E-state index contributed by atoms with van der Waals surface area (Å²) in [5.41, 5.74) is 3.21. The van der Waals surface area contributed by atoms with E-state index >= 15 is 0 Å². The van der Waals surface area contributed by atoms with Gasteiger partial charge in [-0.3, -0.25) is 9.69 Å². The van der Waals surface area contributed by atoms with Gasteiger partial charge >= 0.3 is 0 Å². The predicted molar refractivity (Wildman–Crippen MR) is 99.9 cm³/mol. The molecular weight excluding hydrogens is 316 g/mol. The molecule has 1 atom stereocenters. The van der Waals surface area contributed by atoms with Crippen LogP contribution in [-0.2, 0) is 6.42 Å². The zero-order chi connectivity index (χ0) is 16.5. The van der Waals surface area contributed by atoms with E-state index in [1.165, 1.54) is 16.9 Å². The van der Waals surface area contributed by atoms with Gasteiger partial charge < -0.3 is 4.98 Å². The number of carbonyl (C=O) groups is 1. The Morgan fingerprint density at radius 2 is 2.25 bits per heavy atom. The van der Waals surface area contributed by atoms with E-state index < -0.39 is 0 Å². The van der Waals surface area contributed by atoms with Crippen LogP contribution < -0.4 is 0 Å². The van der Waals surface area contributed by atoms with Crippen LogP contribution >= 0.6 is 11.3 Å². The molecule has 24 heavy (non-hydrogen) atoms. The Bertz CT molecular complexity index is 850. The lowest BCUT2D eigenvalue weighted by Gasteiger charge is -2.22. The minimum absolute atomic E-state index is 0.220. The van der Waals surface area contributed by atoms with Gasteiger partial charge in [-0.2, -0.15) is 0 Å². The largest absolute Gasteiger partial charge is 0.360 e. The van der Waals surface area contributed by atoms with E-state index in [-0.39, 0.29) is 5.78 Å². The standard InChI is InChI=1S/C20H22N2OS/c1-2-14-6-3-7-15-16(12-21-20(14)15)18(23)13-22-10-4-8-17(22)19-9-5-11-24-19/h3,5-7,9,11-12,17,21H,2,4,8,10,13H2,1H3/t17-/m0/s1. The molecule has 0 saturated carbocycles. The Hall–Kier alpha value is -1.91. The zero-order valence-electron chi connectivity index (χ0n) is 13.9. The third-order valence-electron chi connectivity index (χ3n) is 5.07. The summed E-state index contributed by atoms with van der Waals surface area (Å²) < 4.78 is 0. The number of hydrogen-bond donors (Lipinski definition) is 1. The maximum Gasteiger partial charge on any atom is 0.178 e. The molecule has 0 radical (unpaired) electrons. The van der Waals surface area contributed by atoms with Crippen molar-refractivity contribution in [3.8, 4) is 0 Å². The number of nitrogens with one attached hydrogen (secondary N) is 1. The molecule has 1 fully saturated rings. The molecule has 0 aliphatic carbocycles. The summed E-state index contributed by atoms with van der Waals surface area (Å²) >= 11 is 1.80. The number of thiophene rings is 1. The molecule has 4 heteroatoms. The molecule has 3 aromatic rings. The molecule has 0 bridgehead atoms. The number of aromatic amines is 1. The number of fused-ring (bicyclic) bond motifs is 1. The predicted octanol–water partition coefficient (Wildman–Crippen LogP) is 4.81. The van der Waals surface area contributed by atoms with E-state index in [1.807, 2.05) is 6.20 Å². The highest BCUT2D eigenvalue weighted by Gasteiger charge is 2.29. The number of nitrogens with zero attached hydrogens (tertiary/aromatic N) is 1. The van der Waals surface area contributed by atoms with Crippen molar-refractivity contribution in [2.24, 2.45) is 0 Å². The summed E-state index contributed by atoms with van der Waals surface area (Å²) in [7, 11) is 0. The Labute approximate surface area is 146 Å². The average molecular weight is 338 g/mol. The van der Waals surface area contributed by atoms with Gasteiger partial charge in [-0.1, -0.05) is 31.2 Å². The topological polar surface area (TPSA) is 36.1 Å². The Morgan fingerprint density at radius 1 is 1.33 bits per heavy atom. The number of para-hydroxylation sites is 1. The molecule has 1 N–H and O–H groups in total. The fourth-order valence-corrected chi connectivity index (χ4v) is 4.73. The van der Waals surface area contributed by atoms with E-state index in [9.17, 15) is 4.79 Å². The molecule has 1 aromatic carbocycles. The van der Waals surface area contributed by atoms with Crippen molar-refractivity contribution in [2.75, 3.05) is 13.1 Å². The number of carbonyl (C=O) groups excluding carboxylic acids is 1. The lowest BCUT2D eigenvalue weighted by Crippen LogP contribution is -2.29. The fourth-order valence-electron chi connectivity index (χ4n) is 3.83. The maximum atomic E-state index is 12.9. The number of ketones is 1. The molecule has 3 heterocycles. The number of aromatic nitrogens is 1. The van der Waals surface area contributed by atoms with Gasteiger partial charge in [0.15, 0.2) is 5.78 Å². The van der Waals surface area contributed by atoms with Gasteiger partial charge in [0.05, 0.1) is 6.54 Å². The molecule has 0 amide bonds. The van der Waals surface area contributed by atoms with Crippen LogP contribution in [0.3, 0.4) is 0 Å². The Kier molecular flexibility index (Phi) is 4.25. The molecule has 1 saturated heterocycles. The highest BCUT2D eigenvalue weighted by Crippen LogP contribution is 2.34. The fraction of sp³-hybridized carbons (Fsp3) is 0.350. The highest BCUT2D eigenvalue weighted by molar-refractivity contribution is 7.10. The lowest BCUT2D eigenvalue weighted by atomic mass is 10.0. The van der Waals surface area contributed by atoms with Crippen LogP contribution in [0.15, 0.2) is 41.9 Å². The normalized spacial score (nSPS) is 18.5. The van der Waals surface area contributed by atoms with Crippen LogP contribution in [0.4, 0.5) is 0 Å². The first kappa shape index (κ1) is 15.6. The second-order valence-corrected chi connectivity index (χ2v) is 7.44. The van der Waals surface area contributed by atoms with E-state index in [4.69, 9.17) is 0 Å². The highest BCUT2D eigenvalue weighted by atomic mass is 32.1. The smallest absolute Gasteiger partial charge is 0.178 e. The van der Waals surface area contributed by atoms with Crippen molar-refractivity contribution in [3.63, 3.8) is 0 Å². The minimum Gasteiger partial charge on any atom is -0.360 e. The van der Waals surface area contributed by atoms with Crippen molar-refractivity contribution in [2.45, 2.75) is 32.2 Å². The summed E-state index contributed by atoms with van der Waals surface area (Å²) in [6, 6.07) is 10.9. The number of rotatable bonds is 5. The molecule has 3 nitrogen and oxygen atoms in total. The summed E-state index contributed by atoms with van der Waals surface area (Å²) in [6.45, 7) is 3.66. The molecule has 2 aromatic heterocycles. The van der Waals surface area contributed by atoms with Crippen molar-refractivity contribution in [1.82, 2.24) is 9.88 Å². The number of likely N-dealkylation sites (tertiary alicyclic amines) is 1. The van der Waals surface area contributed by atoms with Crippen LogP contribution in [0.25, 0.3) is 10.9 Å². The van der Waals surface area contributed by atoms with Crippen LogP contribution in [0.1, 0.15) is 46.6 Å². The Balaban J connectivity index is 1.58. The molecule has 124 valence electrons. The second kappa shape index (κ2) is 6.54. The van der Waals surface area contributed by atoms with Crippen molar-refractivity contribution in [1.29, 1.82) is 0 Å². The Morgan fingerprint density at radius 3 is 3.04 bits per heavy atom. The molecule has 4 rings (SSSR count). The summed E-state index contributed by atoms with van der Waals surface area (Å²) in [4.78, 5) is 20.0. The first-order valence-corrected chi connectivity index (χ1v) is 9.55. The van der Waals surface area contributed by atoms with Crippen LogP contribution in [-0.4, -0.2) is 28.8 Å². The first-order chi connectivity index (χ1) is 11.8. The quantitative estimate of drug-likeness (QED) is 0.678. The van der Waals surface area contributed by atoms with E-state index in [1.54, 1.807) is 11.3 Å². The average Bonchev–Trinajstić information content (AvgIpc) is 3.33. The molecular formula is C20H22N2OS.